The minimum atomic E-state index is -0.768. The number of nitro benzene ring substituents is 1. The van der Waals surface area contributed by atoms with Crippen molar-refractivity contribution < 1.29 is 19.2 Å². The maximum atomic E-state index is 12.4. The number of carbonyl (C=O) groups excluding carboxylic acids is 1. The predicted octanol–water partition coefficient (Wildman–Crippen LogP) is 2.63. The molecule has 0 radical (unpaired) electrons. The first-order chi connectivity index (χ1) is 10.9. The summed E-state index contributed by atoms with van der Waals surface area (Å²) < 4.78 is 10.5. The lowest BCUT2D eigenvalue weighted by Gasteiger charge is -2.32. The van der Waals surface area contributed by atoms with E-state index in [-0.39, 0.29) is 17.3 Å². The smallest absolute Gasteiger partial charge is 0.314 e. The minimum absolute atomic E-state index is 0.0713. The van der Waals surface area contributed by atoms with Crippen LogP contribution >= 0.6 is 0 Å². The van der Waals surface area contributed by atoms with E-state index in [2.05, 4.69) is 6.92 Å². The van der Waals surface area contributed by atoms with Crippen molar-refractivity contribution in [3.63, 3.8) is 0 Å². The van der Waals surface area contributed by atoms with E-state index in [0.717, 1.165) is 12.8 Å². The number of ether oxygens (including phenoxy) is 2. The number of hydrogen-bond acceptors (Lipinski definition) is 5. The maximum absolute atomic E-state index is 12.4. The summed E-state index contributed by atoms with van der Waals surface area (Å²) in [5.74, 6) is 0.926. The first-order valence-electron chi connectivity index (χ1n) is 7.70. The van der Waals surface area contributed by atoms with Crippen LogP contribution in [0.2, 0.25) is 0 Å². The average molecular weight is 322 g/mol. The summed E-state index contributed by atoms with van der Waals surface area (Å²) in [7, 11) is 1.43. The van der Waals surface area contributed by atoms with Gasteiger partial charge in [-0.15, -0.1) is 0 Å². The molecule has 7 nitrogen and oxygen atoms in total. The van der Waals surface area contributed by atoms with Gasteiger partial charge < -0.3 is 14.4 Å². The zero-order valence-electron chi connectivity index (χ0n) is 13.7. The number of amides is 1. The molecule has 0 spiro atoms. The molecule has 0 unspecified atom stereocenters. The molecule has 2 rings (SSSR count). The van der Waals surface area contributed by atoms with E-state index in [1.165, 1.54) is 19.2 Å². The number of likely N-dealkylation sites (tertiary alicyclic amines) is 1. The number of piperidine rings is 1. The second-order valence-electron chi connectivity index (χ2n) is 5.86. The van der Waals surface area contributed by atoms with Gasteiger partial charge in [0.15, 0.2) is 11.9 Å². The van der Waals surface area contributed by atoms with Gasteiger partial charge in [0.05, 0.1) is 18.1 Å². The van der Waals surface area contributed by atoms with Gasteiger partial charge in [0.2, 0.25) is 0 Å². The van der Waals surface area contributed by atoms with Gasteiger partial charge in [-0.05, 0) is 37.8 Å². The number of rotatable bonds is 5. The van der Waals surface area contributed by atoms with Gasteiger partial charge >= 0.3 is 5.69 Å². The molecule has 0 N–H and O–H groups in total. The van der Waals surface area contributed by atoms with Crippen molar-refractivity contribution >= 4 is 11.6 Å². The predicted molar refractivity (Wildman–Crippen MR) is 84.7 cm³/mol. The Morgan fingerprint density at radius 1 is 1.39 bits per heavy atom. The van der Waals surface area contributed by atoms with Crippen LogP contribution in [0.15, 0.2) is 18.2 Å². The van der Waals surface area contributed by atoms with Gasteiger partial charge in [-0.25, -0.2) is 0 Å². The molecule has 1 amide bonds. The van der Waals surface area contributed by atoms with Crippen LogP contribution in [0, 0.1) is 16.0 Å². The van der Waals surface area contributed by atoms with Crippen molar-refractivity contribution in [3.05, 3.63) is 28.3 Å². The van der Waals surface area contributed by atoms with E-state index in [9.17, 15) is 14.9 Å². The molecule has 23 heavy (non-hydrogen) atoms. The van der Waals surface area contributed by atoms with Gasteiger partial charge in [0.25, 0.3) is 5.91 Å². The fourth-order valence-electron chi connectivity index (χ4n) is 2.59. The number of hydrogen-bond donors (Lipinski definition) is 0. The van der Waals surface area contributed by atoms with Crippen molar-refractivity contribution in [2.75, 3.05) is 20.2 Å². The van der Waals surface area contributed by atoms with Gasteiger partial charge in [-0.3, -0.25) is 14.9 Å². The van der Waals surface area contributed by atoms with E-state index in [1.54, 1.807) is 17.9 Å². The first kappa shape index (κ1) is 17.1. The molecule has 126 valence electrons. The van der Waals surface area contributed by atoms with Gasteiger partial charge in [0.1, 0.15) is 5.75 Å². The Hall–Kier alpha value is -2.31. The Morgan fingerprint density at radius 2 is 2.04 bits per heavy atom. The lowest BCUT2D eigenvalue weighted by molar-refractivity contribution is -0.386. The highest BCUT2D eigenvalue weighted by Gasteiger charge is 2.27. The fraction of sp³-hybridized carbons (Fsp3) is 0.562. The third-order valence-electron chi connectivity index (χ3n) is 4.11. The monoisotopic (exact) mass is 322 g/mol. The topological polar surface area (TPSA) is 81.9 Å². The summed E-state index contributed by atoms with van der Waals surface area (Å²) in [6.07, 6.45) is 1.18. The summed E-state index contributed by atoms with van der Waals surface area (Å²) >= 11 is 0. The van der Waals surface area contributed by atoms with Crippen LogP contribution < -0.4 is 9.47 Å². The third kappa shape index (κ3) is 4.12. The molecule has 0 aliphatic carbocycles. The molecule has 1 heterocycles. The number of benzene rings is 1. The molecule has 7 heteroatoms. The number of methoxy groups -OCH3 is 1. The maximum Gasteiger partial charge on any atom is 0.314 e. The molecular formula is C16H22N2O5. The van der Waals surface area contributed by atoms with E-state index in [0.29, 0.717) is 24.8 Å². The summed E-state index contributed by atoms with van der Waals surface area (Å²) in [4.78, 5) is 24.8. The lowest BCUT2D eigenvalue weighted by Crippen LogP contribution is -2.44. The van der Waals surface area contributed by atoms with Crippen molar-refractivity contribution in [2.24, 2.45) is 5.92 Å². The summed E-state index contributed by atoms with van der Waals surface area (Å²) in [5.41, 5.74) is -0.212. The first-order valence-corrected chi connectivity index (χ1v) is 7.70. The Labute approximate surface area is 135 Å². The molecule has 1 fully saturated rings. The molecule has 1 aromatic rings. The Kier molecular flexibility index (Phi) is 5.41. The van der Waals surface area contributed by atoms with Crippen LogP contribution in [0.25, 0.3) is 0 Å². The number of nitro groups is 1. The second kappa shape index (κ2) is 7.30. The number of carbonyl (C=O) groups is 1. The highest BCUT2D eigenvalue weighted by Crippen LogP contribution is 2.32. The van der Waals surface area contributed by atoms with E-state index in [4.69, 9.17) is 9.47 Å². The van der Waals surface area contributed by atoms with Crippen LogP contribution in [-0.2, 0) is 4.79 Å². The molecule has 1 aromatic carbocycles. The van der Waals surface area contributed by atoms with Crippen LogP contribution in [0.4, 0.5) is 5.69 Å². The standard InChI is InChI=1S/C16H22N2O5/c1-11-6-8-17(9-7-11)16(19)12(2)23-15-5-4-13(22-3)10-14(15)18(20)21/h4-5,10-12H,6-9H2,1-3H3/t12-/m0/s1. The summed E-state index contributed by atoms with van der Waals surface area (Å²) in [6.45, 7) is 5.20. The lowest BCUT2D eigenvalue weighted by atomic mass is 9.99. The molecule has 0 bridgehead atoms. The van der Waals surface area contributed by atoms with Gasteiger partial charge in [0, 0.05) is 13.1 Å². The minimum Gasteiger partial charge on any atom is -0.496 e. The Morgan fingerprint density at radius 3 is 2.61 bits per heavy atom. The quantitative estimate of drug-likeness (QED) is 0.615. The van der Waals surface area contributed by atoms with Crippen molar-refractivity contribution in [1.29, 1.82) is 0 Å². The zero-order valence-corrected chi connectivity index (χ0v) is 13.7. The van der Waals surface area contributed by atoms with E-state index >= 15 is 0 Å². The highest BCUT2D eigenvalue weighted by molar-refractivity contribution is 5.81. The summed E-state index contributed by atoms with van der Waals surface area (Å²) in [6, 6.07) is 4.32. The zero-order chi connectivity index (χ0) is 17.0. The number of nitrogens with zero attached hydrogens (tertiary/aromatic N) is 2. The Bertz CT molecular complexity index is 582. The average Bonchev–Trinajstić information content (AvgIpc) is 2.55. The molecule has 1 aliphatic heterocycles. The molecule has 1 atom stereocenters. The molecule has 0 saturated carbocycles. The fourth-order valence-corrected chi connectivity index (χ4v) is 2.59. The molecule has 0 aromatic heterocycles. The van der Waals surface area contributed by atoms with Crippen LogP contribution in [-0.4, -0.2) is 42.0 Å². The third-order valence-corrected chi connectivity index (χ3v) is 4.11. The van der Waals surface area contributed by atoms with Crippen LogP contribution in [0.1, 0.15) is 26.7 Å². The van der Waals surface area contributed by atoms with E-state index < -0.39 is 11.0 Å². The Balaban J connectivity index is 2.08. The molecular weight excluding hydrogens is 300 g/mol. The van der Waals surface area contributed by atoms with Crippen LogP contribution in [0.3, 0.4) is 0 Å². The van der Waals surface area contributed by atoms with Gasteiger partial charge in [-0.2, -0.15) is 0 Å². The SMILES string of the molecule is COc1ccc(O[C@@H](C)C(=O)N2CCC(C)CC2)c([N+](=O)[O-])c1. The summed E-state index contributed by atoms with van der Waals surface area (Å²) in [5, 5.41) is 11.2. The van der Waals surface area contributed by atoms with Crippen molar-refractivity contribution in [1.82, 2.24) is 4.90 Å². The molecule has 1 saturated heterocycles. The second-order valence-corrected chi connectivity index (χ2v) is 5.86. The largest absolute Gasteiger partial charge is 0.496 e. The van der Waals surface area contributed by atoms with Crippen molar-refractivity contribution in [3.8, 4) is 11.5 Å². The normalized spacial score (nSPS) is 16.7. The van der Waals surface area contributed by atoms with E-state index in [1.807, 2.05) is 0 Å². The highest BCUT2D eigenvalue weighted by atomic mass is 16.6. The molecule has 1 aliphatic rings. The van der Waals surface area contributed by atoms with Gasteiger partial charge in [-0.1, -0.05) is 6.92 Å². The van der Waals surface area contributed by atoms with Crippen molar-refractivity contribution in [2.45, 2.75) is 32.8 Å². The van der Waals surface area contributed by atoms with Crippen LogP contribution in [0.5, 0.6) is 11.5 Å².